The molecule has 136 valence electrons. The Morgan fingerprint density at radius 2 is 2.12 bits per heavy atom. The topological polar surface area (TPSA) is 64.4 Å². The van der Waals surface area contributed by atoms with Gasteiger partial charge < -0.3 is 14.6 Å². The van der Waals surface area contributed by atoms with Gasteiger partial charge in [-0.05, 0) is 32.4 Å². The van der Waals surface area contributed by atoms with Gasteiger partial charge in [-0.25, -0.2) is 0 Å². The summed E-state index contributed by atoms with van der Waals surface area (Å²) in [7, 11) is 0. The van der Waals surface area contributed by atoms with Gasteiger partial charge in [0.2, 0.25) is 0 Å². The van der Waals surface area contributed by atoms with Crippen molar-refractivity contribution in [3.8, 4) is 11.3 Å². The maximum Gasteiger partial charge on any atom is 0.416 e. The van der Waals surface area contributed by atoms with E-state index in [9.17, 15) is 18.0 Å². The lowest BCUT2D eigenvalue weighted by atomic mass is 10.0. The maximum absolute atomic E-state index is 12.9. The number of ether oxygens (including phenoxy) is 1. The largest absolute Gasteiger partial charge is 0.416 e. The molecule has 0 aliphatic rings. The van der Waals surface area contributed by atoms with E-state index in [2.05, 4.69) is 10.5 Å². The summed E-state index contributed by atoms with van der Waals surface area (Å²) in [4.78, 5) is 12.4. The Morgan fingerprint density at radius 3 is 2.80 bits per heavy atom. The van der Waals surface area contributed by atoms with Crippen molar-refractivity contribution in [3.63, 3.8) is 0 Å². The normalized spacial score (nSPS) is 11.6. The molecule has 8 heteroatoms. The van der Waals surface area contributed by atoms with E-state index in [0.717, 1.165) is 12.1 Å². The minimum atomic E-state index is -4.48. The highest BCUT2D eigenvalue weighted by molar-refractivity contribution is 6.00. The number of nitrogens with zero attached hydrogens (tertiary/aromatic N) is 1. The first-order chi connectivity index (χ1) is 11.8. The van der Waals surface area contributed by atoms with Gasteiger partial charge in [-0.1, -0.05) is 17.3 Å². The van der Waals surface area contributed by atoms with Crippen molar-refractivity contribution < 1.29 is 27.2 Å². The summed E-state index contributed by atoms with van der Waals surface area (Å²) in [5, 5.41) is 6.42. The molecule has 1 N–H and O–H groups in total. The van der Waals surface area contributed by atoms with Crippen LogP contribution in [0.5, 0.6) is 0 Å². The third kappa shape index (κ3) is 4.82. The predicted molar refractivity (Wildman–Crippen MR) is 85.1 cm³/mol. The molecule has 0 spiro atoms. The van der Waals surface area contributed by atoms with E-state index < -0.39 is 17.6 Å². The van der Waals surface area contributed by atoms with Crippen LogP contribution in [0.4, 0.5) is 13.2 Å². The van der Waals surface area contributed by atoms with Gasteiger partial charge in [-0.3, -0.25) is 4.79 Å². The second-order valence-electron chi connectivity index (χ2n) is 5.36. The number of benzene rings is 1. The molecule has 0 aliphatic heterocycles. The molecule has 0 atom stereocenters. The zero-order valence-corrected chi connectivity index (χ0v) is 13.9. The molecule has 0 aliphatic carbocycles. The van der Waals surface area contributed by atoms with Gasteiger partial charge in [0.05, 0.1) is 11.3 Å². The molecule has 2 aromatic rings. The Balaban J connectivity index is 2.20. The van der Waals surface area contributed by atoms with E-state index >= 15 is 0 Å². The number of hydrogen-bond donors (Lipinski definition) is 1. The molecule has 0 radical (unpaired) electrons. The number of aryl methyl sites for hydroxylation is 1. The third-order valence-electron chi connectivity index (χ3n) is 3.50. The van der Waals surface area contributed by atoms with Crippen LogP contribution >= 0.6 is 0 Å². The van der Waals surface area contributed by atoms with Crippen molar-refractivity contribution in [1.29, 1.82) is 0 Å². The molecule has 25 heavy (non-hydrogen) atoms. The molecule has 0 bridgehead atoms. The molecular formula is C17H19F3N2O3. The lowest BCUT2D eigenvalue weighted by molar-refractivity contribution is -0.137. The number of aromatic nitrogens is 1. The number of carbonyl (C=O) groups excluding carboxylic acids is 1. The molecule has 1 aromatic carbocycles. The minimum Gasteiger partial charge on any atom is -0.382 e. The van der Waals surface area contributed by atoms with Crippen LogP contribution in [0.3, 0.4) is 0 Å². The summed E-state index contributed by atoms with van der Waals surface area (Å²) in [5.41, 5.74) is -0.220. The van der Waals surface area contributed by atoms with Gasteiger partial charge in [0.1, 0.15) is 5.56 Å². The van der Waals surface area contributed by atoms with Crippen molar-refractivity contribution in [2.75, 3.05) is 19.8 Å². The number of alkyl halides is 3. The predicted octanol–water partition coefficient (Wildman–Crippen LogP) is 3.83. The van der Waals surface area contributed by atoms with Crippen LogP contribution in [0.1, 0.15) is 35.0 Å². The highest BCUT2D eigenvalue weighted by Crippen LogP contribution is 2.33. The first-order valence-corrected chi connectivity index (χ1v) is 7.84. The van der Waals surface area contributed by atoms with Gasteiger partial charge >= 0.3 is 6.18 Å². The van der Waals surface area contributed by atoms with Crippen molar-refractivity contribution in [2.24, 2.45) is 0 Å². The highest BCUT2D eigenvalue weighted by atomic mass is 19.4. The van der Waals surface area contributed by atoms with Crippen LogP contribution in [-0.2, 0) is 10.9 Å². The summed E-state index contributed by atoms with van der Waals surface area (Å²) >= 11 is 0. The highest BCUT2D eigenvalue weighted by Gasteiger charge is 2.31. The fourth-order valence-electron chi connectivity index (χ4n) is 2.28. The van der Waals surface area contributed by atoms with Crippen LogP contribution in [0.25, 0.3) is 11.3 Å². The first-order valence-electron chi connectivity index (χ1n) is 7.84. The fraction of sp³-hybridized carbons (Fsp3) is 0.412. The second-order valence-corrected chi connectivity index (χ2v) is 5.36. The summed E-state index contributed by atoms with van der Waals surface area (Å²) in [5.74, 6) is -0.423. The van der Waals surface area contributed by atoms with Crippen LogP contribution in [0.2, 0.25) is 0 Å². The van der Waals surface area contributed by atoms with Crippen molar-refractivity contribution in [1.82, 2.24) is 10.5 Å². The molecule has 0 fully saturated rings. The molecule has 1 heterocycles. The Morgan fingerprint density at radius 1 is 1.36 bits per heavy atom. The molecule has 1 amide bonds. The number of halogens is 3. The van der Waals surface area contributed by atoms with Crippen LogP contribution in [0.15, 0.2) is 28.8 Å². The molecule has 0 saturated heterocycles. The second kappa shape index (κ2) is 8.15. The monoisotopic (exact) mass is 356 g/mol. The molecule has 2 rings (SSSR count). The van der Waals surface area contributed by atoms with E-state index in [1.165, 1.54) is 12.1 Å². The standard InChI is InChI=1S/C17H19F3N2O3/c1-3-24-9-5-8-21-16(23)14-11(2)22-25-15(14)12-6-4-7-13(10-12)17(18,19)20/h4,6-7,10H,3,5,8-9H2,1-2H3,(H,21,23). The SMILES string of the molecule is CCOCCCNC(=O)c1c(C)noc1-c1cccc(C(F)(F)F)c1. The molecule has 0 unspecified atom stereocenters. The van der Waals surface area contributed by atoms with E-state index in [0.29, 0.717) is 31.9 Å². The average molecular weight is 356 g/mol. The third-order valence-corrected chi connectivity index (χ3v) is 3.50. The van der Waals surface area contributed by atoms with Crippen molar-refractivity contribution in [2.45, 2.75) is 26.4 Å². The van der Waals surface area contributed by atoms with E-state index in [-0.39, 0.29) is 16.9 Å². The summed E-state index contributed by atoms with van der Waals surface area (Å²) < 4.78 is 48.9. The Labute approximate surface area is 143 Å². The number of carbonyl (C=O) groups is 1. The van der Waals surface area contributed by atoms with Crippen LogP contribution < -0.4 is 5.32 Å². The number of amides is 1. The van der Waals surface area contributed by atoms with E-state index in [4.69, 9.17) is 9.26 Å². The van der Waals surface area contributed by atoms with Gasteiger partial charge in [0, 0.05) is 25.3 Å². The molecule has 5 nitrogen and oxygen atoms in total. The van der Waals surface area contributed by atoms with E-state index in [1.54, 1.807) is 6.92 Å². The first kappa shape index (κ1) is 19.0. The lowest BCUT2D eigenvalue weighted by Gasteiger charge is -2.09. The zero-order chi connectivity index (χ0) is 18.4. The van der Waals surface area contributed by atoms with Gasteiger partial charge in [-0.15, -0.1) is 0 Å². The quantitative estimate of drug-likeness (QED) is 0.766. The van der Waals surface area contributed by atoms with Gasteiger partial charge in [-0.2, -0.15) is 13.2 Å². The van der Waals surface area contributed by atoms with Gasteiger partial charge in [0.25, 0.3) is 5.91 Å². The smallest absolute Gasteiger partial charge is 0.382 e. The average Bonchev–Trinajstić information content (AvgIpc) is 2.95. The number of nitrogens with one attached hydrogen (secondary N) is 1. The van der Waals surface area contributed by atoms with Crippen LogP contribution in [0, 0.1) is 6.92 Å². The summed E-state index contributed by atoms with van der Waals surface area (Å²) in [6.45, 7) is 4.93. The molecule has 0 saturated carbocycles. The Kier molecular flexibility index (Phi) is 6.19. The van der Waals surface area contributed by atoms with Crippen LogP contribution in [-0.4, -0.2) is 30.8 Å². The molecular weight excluding hydrogens is 337 g/mol. The number of hydrogen-bond acceptors (Lipinski definition) is 4. The van der Waals surface area contributed by atoms with Crippen molar-refractivity contribution >= 4 is 5.91 Å². The Bertz CT molecular complexity index is 726. The molecule has 1 aromatic heterocycles. The minimum absolute atomic E-state index is 0.0194. The van der Waals surface area contributed by atoms with E-state index in [1.807, 2.05) is 6.92 Å². The van der Waals surface area contributed by atoms with Gasteiger partial charge in [0.15, 0.2) is 5.76 Å². The van der Waals surface area contributed by atoms with Crippen molar-refractivity contribution in [3.05, 3.63) is 41.1 Å². The number of rotatable bonds is 7. The summed E-state index contributed by atoms with van der Waals surface area (Å²) in [6, 6.07) is 4.60. The zero-order valence-electron chi connectivity index (χ0n) is 13.9. The lowest BCUT2D eigenvalue weighted by Crippen LogP contribution is -2.26. The Hall–Kier alpha value is -2.35. The fourth-order valence-corrected chi connectivity index (χ4v) is 2.28. The summed E-state index contributed by atoms with van der Waals surface area (Å²) in [6.07, 6.45) is -3.85. The maximum atomic E-state index is 12.9.